The molecule has 2 aromatic carbocycles. The molecular formula is C24H25N3O2. The number of benzene rings is 2. The lowest BCUT2D eigenvalue weighted by molar-refractivity contribution is 0.0784. The minimum Gasteiger partial charge on any atom is -0.392 e. The van der Waals surface area contributed by atoms with Crippen LogP contribution in [-0.4, -0.2) is 39.0 Å². The third kappa shape index (κ3) is 3.91. The van der Waals surface area contributed by atoms with Gasteiger partial charge >= 0.3 is 0 Å². The van der Waals surface area contributed by atoms with Gasteiger partial charge in [0.05, 0.1) is 12.8 Å². The summed E-state index contributed by atoms with van der Waals surface area (Å²) < 4.78 is 0. The normalized spacial score (nSPS) is 16.2. The molecule has 0 saturated carbocycles. The molecule has 29 heavy (non-hydrogen) atoms. The van der Waals surface area contributed by atoms with Gasteiger partial charge in [0.2, 0.25) is 0 Å². The molecule has 1 amide bonds. The molecule has 0 spiro atoms. The van der Waals surface area contributed by atoms with Crippen LogP contribution in [-0.2, 0) is 13.0 Å². The number of aryl methyl sites for hydroxylation is 1. The van der Waals surface area contributed by atoms with Gasteiger partial charge in [-0.1, -0.05) is 43.3 Å². The van der Waals surface area contributed by atoms with Crippen LogP contribution >= 0.6 is 0 Å². The van der Waals surface area contributed by atoms with Crippen LogP contribution in [0.1, 0.15) is 46.4 Å². The van der Waals surface area contributed by atoms with E-state index in [9.17, 15) is 9.90 Å². The Hall–Kier alpha value is -3.05. The topological polar surface area (TPSA) is 66.3 Å². The Bertz CT molecular complexity index is 1000. The van der Waals surface area contributed by atoms with E-state index >= 15 is 0 Å². The van der Waals surface area contributed by atoms with Crippen molar-refractivity contribution in [2.24, 2.45) is 0 Å². The Balaban J connectivity index is 1.57. The molecule has 0 radical (unpaired) electrons. The van der Waals surface area contributed by atoms with Crippen molar-refractivity contribution >= 4 is 5.91 Å². The van der Waals surface area contributed by atoms with E-state index in [2.05, 4.69) is 53.3 Å². The van der Waals surface area contributed by atoms with Gasteiger partial charge in [-0.25, -0.2) is 4.98 Å². The second kappa shape index (κ2) is 8.53. The Kier molecular flexibility index (Phi) is 5.67. The third-order valence-corrected chi connectivity index (χ3v) is 5.72. The molecule has 3 aromatic rings. The molecule has 0 aliphatic carbocycles. The number of rotatable bonds is 5. The van der Waals surface area contributed by atoms with Crippen molar-refractivity contribution in [1.29, 1.82) is 0 Å². The molecule has 5 heteroatoms. The molecule has 1 fully saturated rings. The van der Waals surface area contributed by atoms with Crippen LogP contribution in [0.25, 0.3) is 11.1 Å². The number of carbonyl (C=O) groups is 1. The van der Waals surface area contributed by atoms with Crippen LogP contribution < -0.4 is 0 Å². The average molecular weight is 387 g/mol. The number of likely N-dealkylation sites (tertiary alicyclic amines) is 1. The molecule has 5 nitrogen and oxygen atoms in total. The monoisotopic (exact) mass is 387 g/mol. The Morgan fingerprint density at radius 3 is 2.79 bits per heavy atom. The molecule has 1 aliphatic heterocycles. The summed E-state index contributed by atoms with van der Waals surface area (Å²) in [5.41, 5.74) is 6.07. The summed E-state index contributed by atoms with van der Waals surface area (Å²) in [6, 6.07) is 14.7. The van der Waals surface area contributed by atoms with E-state index < -0.39 is 0 Å². The molecule has 1 atom stereocenters. The van der Waals surface area contributed by atoms with Gasteiger partial charge in [0.25, 0.3) is 5.91 Å². The molecule has 0 unspecified atom stereocenters. The van der Waals surface area contributed by atoms with Crippen molar-refractivity contribution in [1.82, 2.24) is 14.9 Å². The number of amides is 1. The fraction of sp³-hybridized carbons (Fsp3) is 0.292. The van der Waals surface area contributed by atoms with E-state index in [0.717, 1.165) is 29.5 Å². The smallest absolute Gasteiger partial charge is 0.274 e. The number of carbonyl (C=O) groups excluding carboxylic acids is 1. The summed E-state index contributed by atoms with van der Waals surface area (Å²) in [6.45, 7) is 3.46. The van der Waals surface area contributed by atoms with Gasteiger partial charge in [-0.15, -0.1) is 0 Å². The molecule has 0 bridgehead atoms. The van der Waals surface area contributed by atoms with E-state index in [1.54, 1.807) is 6.20 Å². The van der Waals surface area contributed by atoms with E-state index in [4.69, 9.17) is 0 Å². The molecule has 1 saturated heterocycles. The molecule has 4 rings (SSSR count). The zero-order valence-corrected chi connectivity index (χ0v) is 16.6. The molecule has 2 heterocycles. The molecular weight excluding hydrogens is 362 g/mol. The summed E-state index contributed by atoms with van der Waals surface area (Å²) >= 11 is 0. The first-order valence-corrected chi connectivity index (χ1v) is 10.1. The highest BCUT2D eigenvalue weighted by molar-refractivity contribution is 5.92. The number of aliphatic hydroxyl groups excluding tert-OH is 1. The maximum Gasteiger partial charge on any atom is 0.274 e. The first kappa shape index (κ1) is 19.3. The average Bonchev–Trinajstić information content (AvgIpc) is 3.28. The molecule has 148 valence electrons. The zero-order valence-electron chi connectivity index (χ0n) is 16.6. The summed E-state index contributed by atoms with van der Waals surface area (Å²) in [6.07, 6.45) is 6.46. The second-order valence-electron chi connectivity index (χ2n) is 7.41. The highest BCUT2D eigenvalue weighted by atomic mass is 16.3. The SMILES string of the molecule is CCc1ccccc1-c1ccc([C@H]2CCN(C(=O)c3cnccn3)C2)c(CO)c1. The number of aliphatic hydroxyl groups is 1. The lowest BCUT2D eigenvalue weighted by atomic mass is 9.89. The van der Waals surface area contributed by atoms with Crippen molar-refractivity contribution in [3.8, 4) is 11.1 Å². The number of hydrogen-bond donors (Lipinski definition) is 1. The predicted octanol–water partition coefficient (Wildman–Crippen LogP) is 3.83. The Morgan fingerprint density at radius 2 is 2.03 bits per heavy atom. The summed E-state index contributed by atoms with van der Waals surface area (Å²) in [5, 5.41) is 10.0. The highest BCUT2D eigenvalue weighted by Crippen LogP contribution is 2.34. The summed E-state index contributed by atoms with van der Waals surface area (Å²) in [4.78, 5) is 22.6. The van der Waals surface area contributed by atoms with Crippen molar-refractivity contribution in [3.05, 3.63) is 83.4 Å². The van der Waals surface area contributed by atoms with Gasteiger partial charge in [0, 0.05) is 31.4 Å². The van der Waals surface area contributed by atoms with Crippen molar-refractivity contribution in [3.63, 3.8) is 0 Å². The van der Waals surface area contributed by atoms with E-state index in [1.807, 2.05) is 11.0 Å². The standard InChI is InChI=1S/C24H25N3O2/c1-2-17-5-3-4-6-21(17)18-7-8-22(20(13-18)16-28)19-9-12-27(15-19)24(29)23-14-25-10-11-26-23/h3-8,10-11,13-14,19,28H,2,9,12,15-16H2,1H3/t19-/m0/s1. The van der Waals surface area contributed by atoms with Gasteiger partial charge in [-0.2, -0.15) is 0 Å². The number of nitrogens with zero attached hydrogens (tertiary/aromatic N) is 3. The Labute approximate surface area is 171 Å². The molecule has 1 aliphatic rings. The number of hydrogen-bond acceptors (Lipinski definition) is 4. The third-order valence-electron chi connectivity index (χ3n) is 5.72. The van der Waals surface area contributed by atoms with Crippen molar-refractivity contribution < 1.29 is 9.90 Å². The van der Waals surface area contributed by atoms with E-state index in [-0.39, 0.29) is 18.4 Å². The number of aromatic nitrogens is 2. The van der Waals surface area contributed by atoms with Gasteiger partial charge in [-0.05, 0) is 46.7 Å². The minimum absolute atomic E-state index is 0.00786. The fourth-order valence-corrected chi connectivity index (χ4v) is 4.19. The predicted molar refractivity (Wildman–Crippen MR) is 112 cm³/mol. The van der Waals surface area contributed by atoms with Gasteiger partial charge in [-0.3, -0.25) is 9.78 Å². The van der Waals surface area contributed by atoms with Crippen LogP contribution in [0.3, 0.4) is 0 Å². The first-order valence-electron chi connectivity index (χ1n) is 10.1. The van der Waals surface area contributed by atoms with Crippen molar-refractivity contribution in [2.75, 3.05) is 13.1 Å². The van der Waals surface area contributed by atoms with Gasteiger partial charge < -0.3 is 10.0 Å². The van der Waals surface area contributed by atoms with E-state index in [0.29, 0.717) is 18.8 Å². The van der Waals surface area contributed by atoms with Crippen LogP contribution in [0.2, 0.25) is 0 Å². The molecule has 1 N–H and O–H groups in total. The van der Waals surface area contributed by atoms with Gasteiger partial charge in [0.15, 0.2) is 0 Å². The highest BCUT2D eigenvalue weighted by Gasteiger charge is 2.30. The second-order valence-corrected chi connectivity index (χ2v) is 7.41. The summed E-state index contributed by atoms with van der Waals surface area (Å²) in [5.74, 6) is 0.132. The molecule has 1 aromatic heterocycles. The maximum atomic E-state index is 12.7. The maximum absolute atomic E-state index is 12.7. The van der Waals surface area contributed by atoms with Crippen molar-refractivity contribution in [2.45, 2.75) is 32.3 Å². The largest absolute Gasteiger partial charge is 0.392 e. The lowest BCUT2D eigenvalue weighted by Gasteiger charge is -2.18. The fourth-order valence-electron chi connectivity index (χ4n) is 4.19. The van der Waals surface area contributed by atoms with Gasteiger partial charge in [0.1, 0.15) is 5.69 Å². The van der Waals surface area contributed by atoms with E-state index in [1.165, 1.54) is 23.5 Å². The zero-order chi connectivity index (χ0) is 20.2. The quantitative estimate of drug-likeness (QED) is 0.723. The summed E-state index contributed by atoms with van der Waals surface area (Å²) in [7, 11) is 0. The van der Waals surface area contributed by atoms with Crippen LogP contribution in [0.15, 0.2) is 61.1 Å². The Morgan fingerprint density at radius 1 is 1.17 bits per heavy atom. The van der Waals surface area contributed by atoms with Crippen LogP contribution in [0.4, 0.5) is 0 Å². The first-order chi connectivity index (χ1) is 14.2. The van der Waals surface area contributed by atoms with Crippen LogP contribution in [0, 0.1) is 0 Å². The minimum atomic E-state index is -0.0837. The lowest BCUT2D eigenvalue weighted by Crippen LogP contribution is -2.29. The van der Waals surface area contributed by atoms with Crippen LogP contribution in [0.5, 0.6) is 0 Å².